The van der Waals surface area contributed by atoms with Crippen LogP contribution in [0.4, 0.5) is 10.1 Å². The van der Waals surface area contributed by atoms with Crippen LogP contribution in [-0.4, -0.2) is 58.1 Å². The van der Waals surface area contributed by atoms with Crippen LogP contribution in [0.3, 0.4) is 0 Å². The number of ether oxygens (including phenoxy) is 1. The Bertz CT molecular complexity index is 1330. The molecule has 0 radical (unpaired) electrons. The Morgan fingerprint density at radius 1 is 0.973 bits per heavy atom. The first-order valence-corrected chi connectivity index (χ1v) is 13.4. The third-order valence-corrected chi connectivity index (χ3v) is 6.92. The summed E-state index contributed by atoms with van der Waals surface area (Å²) >= 11 is 0. The van der Waals surface area contributed by atoms with Crippen LogP contribution in [-0.2, 0) is 32.6 Å². The maximum atomic E-state index is 13.9. The van der Waals surface area contributed by atoms with Gasteiger partial charge in [0.25, 0.3) is 0 Å². The van der Waals surface area contributed by atoms with Gasteiger partial charge in [-0.3, -0.25) is 13.9 Å². The number of hydrogen-bond donors (Lipinski definition) is 1. The lowest BCUT2D eigenvalue weighted by Gasteiger charge is -2.33. The Labute approximate surface area is 216 Å². The zero-order chi connectivity index (χ0) is 27.0. The van der Waals surface area contributed by atoms with Crippen molar-refractivity contribution in [3.05, 3.63) is 95.8 Å². The summed E-state index contributed by atoms with van der Waals surface area (Å²) in [6.07, 6.45) is 1.15. The molecule has 37 heavy (non-hydrogen) atoms. The number of anilines is 1. The molecule has 0 aliphatic heterocycles. The molecule has 10 heteroatoms. The van der Waals surface area contributed by atoms with Crippen LogP contribution in [0.2, 0.25) is 0 Å². The number of likely N-dealkylation sites (N-methyl/N-ethyl adjacent to an activating group) is 1. The van der Waals surface area contributed by atoms with Crippen LogP contribution in [0.15, 0.2) is 78.9 Å². The quantitative estimate of drug-likeness (QED) is 0.414. The highest BCUT2D eigenvalue weighted by Gasteiger charge is 2.32. The number of nitrogens with one attached hydrogen (secondary N) is 1. The summed E-state index contributed by atoms with van der Waals surface area (Å²) in [6, 6.07) is 20.3. The van der Waals surface area contributed by atoms with E-state index in [-0.39, 0.29) is 18.7 Å². The van der Waals surface area contributed by atoms with Gasteiger partial charge in [0.1, 0.15) is 24.2 Å². The van der Waals surface area contributed by atoms with E-state index in [1.165, 1.54) is 37.3 Å². The van der Waals surface area contributed by atoms with Crippen molar-refractivity contribution < 1.29 is 27.1 Å². The summed E-state index contributed by atoms with van der Waals surface area (Å²) in [4.78, 5) is 28.2. The van der Waals surface area contributed by atoms with Gasteiger partial charge in [-0.1, -0.05) is 48.5 Å². The molecule has 3 rings (SSSR count). The van der Waals surface area contributed by atoms with Crippen molar-refractivity contribution in [3.8, 4) is 5.75 Å². The van der Waals surface area contributed by atoms with Crippen LogP contribution in [0.25, 0.3) is 0 Å². The fraction of sp³-hybridized carbons (Fsp3) is 0.259. The van der Waals surface area contributed by atoms with Gasteiger partial charge in [-0.2, -0.15) is 0 Å². The largest absolute Gasteiger partial charge is 0.497 e. The Morgan fingerprint density at radius 2 is 1.65 bits per heavy atom. The molecule has 3 aromatic rings. The maximum absolute atomic E-state index is 13.9. The molecule has 0 aliphatic rings. The number of nitrogens with zero attached hydrogens (tertiary/aromatic N) is 2. The number of carbonyl (C=O) groups is 2. The lowest BCUT2D eigenvalue weighted by Crippen LogP contribution is -2.52. The van der Waals surface area contributed by atoms with E-state index in [1.54, 1.807) is 24.3 Å². The number of carbonyl (C=O) groups excluding carboxylic acids is 2. The van der Waals surface area contributed by atoms with Crippen LogP contribution >= 0.6 is 0 Å². The third kappa shape index (κ3) is 7.53. The van der Waals surface area contributed by atoms with Crippen molar-refractivity contribution in [1.29, 1.82) is 0 Å². The van der Waals surface area contributed by atoms with Gasteiger partial charge in [-0.05, 0) is 41.5 Å². The second kappa shape index (κ2) is 12.4. The van der Waals surface area contributed by atoms with Crippen molar-refractivity contribution in [2.45, 2.75) is 19.0 Å². The van der Waals surface area contributed by atoms with Crippen molar-refractivity contribution in [3.63, 3.8) is 0 Å². The van der Waals surface area contributed by atoms with Gasteiger partial charge in [0.2, 0.25) is 21.8 Å². The highest BCUT2D eigenvalue weighted by molar-refractivity contribution is 7.92. The van der Waals surface area contributed by atoms with Crippen LogP contribution in [0.5, 0.6) is 5.75 Å². The second-order valence-corrected chi connectivity index (χ2v) is 10.3. The zero-order valence-electron chi connectivity index (χ0n) is 20.9. The van der Waals surface area contributed by atoms with E-state index in [0.29, 0.717) is 11.3 Å². The average molecular weight is 528 g/mol. The van der Waals surface area contributed by atoms with Crippen LogP contribution in [0.1, 0.15) is 11.1 Å². The molecule has 196 valence electrons. The molecular formula is C27H30FN3O5S. The van der Waals surface area contributed by atoms with Crippen molar-refractivity contribution in [1.82, 2.24) is 10.2 Å². The first-order chi connectivity index (χ1) is 17.6. The minimum absolute atomic E-state index is 0.0109. The Hall–Kier alpha value is -3.92. The van der Waals surface area contributed by atoms with Gasteiger partial charge in [0, 0.05) is 20.0 Å². The average Bonchev–Trinajstić information content (AvgIpc) is 2.88. The molecule has 0 saturated carbocycles. The number of rotatable bonds is 11. The fourth-order valence-corrected chi connectivity index (χ4v) is 4.77. The Balaban J connectivity index is 2.03. The minimum atomic E-state index is -3.96. The SMILES string of the molecule is CNC(=O)[C@@H](Cc1ccccc1)N(Cc1cccc(OC)c1)C(=O)CN(c1cccc(F)c1)S(C)(=O)=O. The monoisotopic (exact) mass is 527 g/mol. The lowest BCUT2D eigenvalue weighted by atomic mass is 10.0. The van der Waals surface area contributed by atoms with Crippen LogP contribution in [0, 0.1) is 5.82 Å². The standard InChI is InChI=1S/C27H30FN3O5S/c1-29-27(33)25(16-20-9-5-4-6-10-20)30(18-21-11-7-14-24(15-21)36-2)26(32)19-31(37(3,34)35)23-13-8-12-22(28)17-23/h4-15,17,25H,16,18-19H2,1-3H3,(H,29,33)/t25-/m1/s1. The molecule has 0 saturated heterocycles. The molecule has 0 heterocycles. The molecule has 0 aliphatic carbocycles. The zero-order valence-corrected chi connectivity index (χ0v) is 21.7. The number of amides is 2. The summed E-state index contributed by atoms with van der Waals surface area (Å²) in [5, 5.41) is 2.61. The molecule has 0 aromatic heterocycles. The van der Waals surface area contributed by atoms with E-state index in [9.17, 15) is 22.4 Å². The number of benzene rings is 3. The van der Waals surface area contributed by atoms with E-state index in [0.717, 1.165) is 22.2 Å². The molecule has 3 aromatic carbocycles. The number of methoxy groups -OCH3 is 1. The summed E-state index contributed by atoms with van der Waals surface area (Å²) in [6.45, 7) is -0.601. The van der Waals surface area contributed by atoms with Gasteiger partial charge in [-0.15, -0.1) is 0 Å². The lowest BCUT2D eigenvalue weighted by molar-refractivity contribution is -0.139. The summed E-state index contributed by atoms with van der Waals surface area (Å²) in [5.41, 5.74) is 1.52. The number of halogens is 1. The highest BCUT2D eigenvalue weighted by Crippen LogP contribution is 2.22. The van der Waals surface area contributed by atoms with Crippen LogP contribution < -0.4 is 14.4 Å². The normalized spacial score (nSPS) is 11.9. The molecule has 0 unspecified atom stereocenters. The second-order valence-electron chi connectivity index (χ2n) is 8.44. The van der Waals surface area contributed by atoms with Crippen molar-refractivity contribution in [2.24, 2.45) is 0 Å². The Kier molecular flexibility index (Phi) is 9.24. The summed E-state index contributed by atoms with van der Waals surface area (Å²) in [7, 11) is -0.961. The van der Waals surface area contributed by atoms with E-state index >= 15 is 0 Å². The van der Waals surface area contributed by atoms with E-state index < -0.39 is 40.2 Å². The number of hydrogen-bond acceptors (Lipinski definition) is 5. The van der Waals surface area contributed by atoms with Gasteiger partial charge in [0.15, 0.2) is 0 Å². The molecule has 1 atom stereocenters. The Morgan fingerprint density at radius 3 is 2.27 bits per heavy atom. The fourth-order valence-electron chi connectivity index (χ4n) is 3.93. The minimum Gasteiger partial charge on any atom is -0.497 e. The smallest absolute Gasteiger partial charge is 0.244 e. The van der Waals surface area contributed by atoms with Gasteiger partial charge in [0.05, 0.1) is 19.1 Å². The first kappa shape index (κ1) is 27.7. The third-order valence-electron chi connectivity index (χ3n) is 5.78. The van der Waals surface area contributed by atoms with Gasteiger partial charge < -0.3 is 15.0 Å². The molecule has 8 nitrogen and oxygen atoms in total. The maximum Gasteiger partial charge on any atom is 0.244 e. The molecule has 2 amide bonds. The van der Waals surface area contributed by atoms with Crippen molar-refractivity contribution in [2.75, 3.05) is 31.3 Å². The summed E-state index contributed by atoms with van der Waals surface area (Å²) < 4.78 is 45.3. The van der Waals surface area contributed by atoms with Gasteiger partial charge >= 0.3 is 0 Å². The van der Waals surface area contributed by atoms with E-state index in [2.05, 4.69) is 5.32 Å². The predicted octanol–water partition coefficient (Wildman–Crippen LogP) is 2.99. The highest BCUT2D eigenvalue weighted by atomic mass is 32.2. The first-order valence-electron chi connectivity index (χ1n) is 11.5. The number of sulfonamides is 1. The molecule has 1 N–H and O–H groups in total. The molecular weight excluding hydrogens is 497 g/mol. The van der Waals surface area contributed by atoms with Crippen molar-refractivity contribution >= 4 is 27.5 Å². The molecule has 0 fully saturated rings. The predicted molar refractivity (Wildman–Crippen MR) is 140 cm³/mol. The molecule has 0 spiro atoms. The van der Waals surface area contributed by atoms with E-state index in [1.807, 2.05) is 30.3 Å². The van der Waals surface area contributed by atoms with Gasteiger partial charge in [-0.25, -0.2) is 12.8 Å². The topological polar surface area (TPSA) is 96.0 Å². The molecule has 0 bridgehead atoms. The summed E-state index contributed by atoms with van der Waals surface area (Å²) in [5.74, 6) is -1.10. The van der Waals surface area contributed by atoms with E-state index in [4.69, 9.17) is 4.74 Å².